The first-order valence-electron chi connectivity index (χ1n) is 9.92. The van der Waals surface area contributed by atoms with Crippen molar-refractivity contribution in [2.45, 2.75) is 19.4 Å². The van der Waals surface area contributed by atoms with Gasteiger partial charge in [0.1, 0.15) is 11.9 Å². The van der Waals surface area contributed by atoms with Gasteiger partial charge in [-0.3, -0.25) is 9.69 Å². The molecule has 1 aliphatic heterocycles. The van der Waals surface area contributed by atoms with Gasteiger partial charge in [-0.25, -0.2) is 9.37 Å². The number of carbonyl (C=O) groups excluding carboxylic acids is 1. The van der Waals surface area contributed by atoms with Gasteiger partial charge in [0.2, 0.25) is 11.7 Å². The highest BCUT2D eigenvalue weighted by molar-refractivity contribution is 6.36. The zero-order valence-corrected chi connectivity index (χ0v) is 18.7. The topological polar surface area (TPSA) is 108 Å². The number of furan rings is 1. The molecule has 0 bridgehead atoms. The maximum absolute atomic E-state index is 14.0. The lowest BCUT2D eigenvalue weighted by Crippen LogP contribution is -2.36. The Morgan fingerprint density at radius 1 is 1.41 bits per heavy atom. The Morgan fingerprint density at radius 3 is 2.88 bits per heavy atom. The Labute approximate surface area is 193 Å². The van der Waals surface area contributed by atoms with Crippen molar-refractivity contribution in [2.75, 3.05) is 25.4 Å². The number of fused-ring (bicyclic) bond motifs is 1. The average molecular weight is 479 g/mol. The molecule has 4 N–H and O–H groups in total. The van der Waals surface area contributed by atoms with Crippen LogP contribution in [0.1, 0.15) is 30.6 Å². The summed E-state index contributed by atoms with van der Waals surface area (Å²) < 4.78 is 25.8. The van der Waals surface area contributed by atoms with Gasteiger partial charge in [0, 0.05) is 35.4 Å². The number of nitrogens with two attached hydrogens (primary N) is 2. The summed E-state index contributed by atoms with van der Waals surface area (Å²) in [5.41, 5.74) is 14.0. The molecular formula is C22H21Cl2FN4O3. The van der Waals surface area contributed by atoms with E-state index in [2.05, 4.69) is 4.98 Å². The van der Waals surface area contributed by atoms with Crippen molar-refractivity contribution in [1.29, 1.82) is 0 Å². The van der Waals surface area contributed by atoms with E-state index in [1.807, 2.05) is 11.0 Å². The number of amides is 1. The average Bonchev–Trinajstić information content (AvgIpc) is 3.17. The molecule has 7 nitrogen and oxygen atoms in total. The van der Waals surface area contributed by atoms with Gasteiger partial charge in [0.15, 0.2) is 11.4 Å². The third-order valence-electron chi connectivity index (χ3n) is 5.40. The van der Waals surface area contributed by atoms with E-state index >= 15 is 0 Å². The summed E-state index contributed by atoms with van der Waals surface area (Å²) >= 11 is 12.3. The molecule has 1 unspecified atom stereocenters. The molecule has 1 atom stereocenters. The summed E-state index contributed by atoms with van der Waals surface area (Å²) in [4.78, 5) is 17.4. The minimum atomic E-state index is -0.717. The number of nitrogen functional groups attached to an aromatic ring is 1. The zero-order chi connectivity index (χ0) is 23.0. The molecule has 3 heterocycles. The molecule has 1 aliphatic rings. The van der Waals surface area contributed by atoms with E-state index in [4.69, 9.17) is 43.8 Å². The van der Waals surface area contributed by atoms with Crippen molar-refractivity contribution in [1.82, 2.24) is 9.88 Å². The largest absolute Gasteiger partial charge is 0.478 e. The Morgan fingerprint density at radius 2 is 2.19 bits per heavy atom. The van der Waals surface area contributed by atoms with Crippen molar-refractivity contribution in [3.05, 3.63) is 57.7 Å². The second-order valence-electron chi connectivity index (χ2n) is 7.56. The number of carbonyl (C=O) groups is 1. The fourth-order valence-electron chi connectivity index (χ4n) is 3.81. The van der Waals surface area contributed by atoms with Crippen LogP contribution in [-0.4, -0.2) is 35.4 Å². The van der Waals surface area contributed by atoms with Gasteiger partial charge >= 0.3 is 0 Å². The molecule has 1 amide bonds. The van der Waals surface area contributed by atoms with Crippen LogP contribution in [0.5, 0.6) is 5.75 Å². The van der Waals surface area contributed by atoms with Crippen LogP contribution in [0.25, 0.3) is 16.5 Å². The quantitative estimate of drug-likeness (QED) is 0.502. The molecule has 32 heavy (non-hydrogen) atoms. The molecule has 0 spiro atoms. The molecule has 0 saturated carbocycles. The Kier molecular flexibility index (Phi) is 6.28. The van der Waals surface area contributed by atoms with Gasteiger partial charge in [-0.05, 0) is 31.1 Å². The molecule has 0 fully saturated rings. The monoisotopic (exact) mass is 478 g/mol. The van der Waals surface area contributed by atoms with Crippen molar-refractivity contribution in [3.8, 4) is 5.75 Å². The van der Waals surface area contributed by atoms with Crippen LogP contribution >= 0.6 is 23.2 Å². The molecule has 0 aliphatic carbocycles. The van der Waals surface area contributed by atoms with E-state index in [1.54, 1.807) is 19.4 Å². The van der Waals surface area contributed by atoms with Crippen molar-refractivity contribution >= 4 is 51.5 Å². The van der Waals surface area contributed by atoms with Crippen LogP contribution in [0.2, 0.25) is 10.0 Å². The second-order valence-corrected chi connectivity index (χ2v) is 8.35. The molecule has 2 aromatic heterocycles. The standard InChI is InChI=1S/C22H21Cl2FN4O3/c1-11(18-15(23)2-3-16(25)19(18)24)32-21-20-13(8-28-22(21)27)14(10-31-20)12-4-6-29(7-5-12)9-17(26)30/h2-4,8,10-11H,5-7,9H2,1H3,(H2,26,30)(H2,27,28). The van der Waals surface area contributed by atoms with Gasteiger partial charge in [0.05, 0.1) is 23.2 Å². The number of primary amides is 1. The highest BCUT2D eigenvalue weighted by Gasteiger charge is 2.24. The van der Waals surface area contributed by atoms with Crippen LogP contribution in [0, 0.1) is 5.82 Å². The van der Waals surface area contributed by atoms with Gasteiger partial charge in [-0.2, -0.15) is 0 Å². The summed E-state index contributed by atoms with van der Waals surface area (Å²) in [5, 5.41) is 0.889. The van der Waals surface area contributed by atoms with Gasteiger partial charge in [-0.1, -0.05) is 29.3 Å². The van der Waals surface area contributed by atoms with Gasteiger partial charge in [-0.15, -0.1) is 0 Å². The summed E-state index contributed by atoms with van der Waals surface area (Å²) in [7, 11) is 0. The minimum Gasteiger partial charge on any atom is -0.478 e. The molecule has 10 heteroatoms. The van der Waals surface area contributed by atoms with E-state index < -0.39 is 11.9 Å². The summed E-state index contributed by atoms with van der Waals surface area (Å²) in [6, 6.07) is 2.61. The van der Waals surface area contributed by atoms with Gasteiger partial charge < -0.3 is 20.6 Å². The first-order chi connectivity index (χ1) is 15.3. The van der Waals surface area contributed by atoms with Gasteiger partial charge in [0.25, 0.3) is 0 Å². The van der Waals surface area contributed by atoms with Crippen LogP contribution in [0.3, 0.4) is 0 Å². The number of hydrogen-bond acceptors (Lipinski definition) is 6. The van der Waals surface area contributed by atoms with Crippen molar-refractivity contribution in [3.63, 3.8) is 0 Å². The number of aromatic nitrogens is 1. The van der Waals surface area contributed by atoms with Crippen molar-refractivity contribution < 1.29 is 18.3 Å². The van der Waals surface area contributed by atoms with Crippen LogP contribution < -0.4 is 16.2 Å². The van der Waals surface area contributed by atoms with E-state index in [0.29, 0.717) is 30.7 Å². The highest BCUT2D eigenvalue weighted by atomic mass is 35.5. The maximum Gasteiger partial charge on any atom is 0.231 e. The van der Waals surface area contributed by atoms with E-state index in [9.17, 15) is 9.18 Å². The normalized spacial score (nSPS) is 15.6. The smallest absolute Gasteiger partial charge is 0.231 e. The Balaban J connectivity index is 1.66. The van der Waals surface area contributed by atoms with E-state index in [0.717, 1.165) is 16.5 Å². The lowest BCUT2D eigenvalue weighted by atomic mass is 9.99. The predicted molar refractivity (Wildman–Crippen MR) is 122 cm³/mol. The zero-order valence-electron chi connectivity index (χ0n) is 17.2. The lowest BCUT2D eigenvalue weighted by molar-refractivity contribution is -0.119. The number of benzene rings is 1. The molecule has 168 valence electrons. The molecule has 0 saturated heterocycles. The summed E-state index contributed by atoms with van der Waals surface area (Å²) in [6.07, 6.45) is 5.28. The van der Waals surface area contributed by atoms with E-state index in [1.165, 1.54) is 12.1 Å². The molecule has 0 radical (unpaired) electrons. The predicted octanol–water partition coefficient (Wildman–Crippen LogP) is 4.57. The highest BCUT2D eigenvalue weighted by Crippen LogP contribution is 2.41. The van der Waals surface area contributed by atoms with Crippen LogP contribution in [-0.2, 0) is 4.79 Å². The Hall–Kier alpha value is -2.81. The molecular weight excluding hydrogens is 458 g/mol. The van der Waals surface area contributed by atoms with Crippen LogP contribution in [0.15, 0.2) is 35.1 Å². The second kappa shape index (κ2) is 8.97. The maximum atomic E-state index is 14.0. The first kappa shape index (κ1) is 22.4. The third-order valence-corrected chi connectivity index (χ3v) is 6.11. The first-order valence-corrected chi connectivity index (χ1v) is 10.7. The number of pyridine rings is 1. The van der Waals surface area contributed by atoms with Crippen LogP contribution in [0.4, 0.5) is 10.2 Å². The van der Waals surface area contributed by atoms with Crippen molar-refractivity contribution in [2.24, 2.45) is 5.73 Å². The fraction of sp³-hybridized carbons (Fsp3) is 0.273. The number of rotatable bonds is 6. The van der Waals surface area contributed by atoms with E-state index in [-0.39, 0.29) is 34.1 Å². The summed E-state index contributed by atoms with van der Waals surface area (Å²) in [6.45, 7) is 3.20. The fourth-order valence-corrected chi connectivity index (χ4v) is 4.49. The lowest BCUT2D eigenvalue weighted by Gasteiger charge is -2.24. The third kappa shape index (κ3) is 4.26. The Bertz CT molecular complexity index is 1230. The number of nitrogens with zero attached hydrogens (tertiary/aromatic N) is 2. The number of halogens is 3. The molecule has 1 aromatic carbocycles. The minimum absolute atomic E-state index is 0.114. The molecule has 4 rings (SSSR count). The number of ether oxygens (including phenoxy) is 1. The number of hydrogen-bond donors (Lipinski definition) is 2. The SMILES string of the molecule is CC(Oc1c(N)ncc2c(C3=CCN(CC(N)=O)CC3)coc12)c1c(Cl)ccc(F)c1Cl. The summed E-state index contributed by atoms with van der Waals surface area (Å²) in [5.74, 6) is -0.603. The molecule has 3 aromatic rings. The number of anilines is 1.